The van der Waals surface area contributed by atoms with Crippen LogP contribution < -0.4 is 0 Å². The molecule has 0 saturated carbocycles. The van der Waals surface area contributed by atoms with Gasteiger partial charge in [0.05, 0.1) is 15.6 Å². The van der Waals surface area contributed by atoms with Crippen LogP contribution in [0.3, 0.4) is 0 Å². The molecule has 8 heteroatoms. The number of nitro benzene ring substituents is 1. The summed E-state index contributed by atoms with van der Waals surface area (Å²) in [6, 6.07) is 6.09. The van der Waals surface area contributed by atoms with Gasteiger partial charge in [0.2, 0.25) is 5.89 Å². The van der Waals surface area contributed by atoms with Gasteiger partial charge >= 0.3 is 0 Å². The van der Waals surface area contributed by atoms with Crippen molar-refractivity contribution in [3.8, 4) is 22.2 Å². The van der Waals surface area contributed by atoms with Crippen molar-refractivity contribution in [3.63, 3.8) is 0 Å². The summed E-state index contributed by atoms with van der Waals surface area (Å²) >= 11 is 1.47. The standard InChI is InChI=1S/C13H10N4O3S/c1-7-11(21-8(2)14-7)13-16-15-12(20-13)9-4-3-5-10(6-9)17(18)19/h3-6H,1-2H3. The van der Waals surface area contributed by atoms with Gasteiger partial charge in [-0.15, -0.1) is 21.5 Å². The van der Waals surface area contributed by atoms with Crippen LogP contribution in [0.5, 0.6) is 0 Å². The molecular weight excluding hydrogens is 292 g/mol. The van der Waals surface area contributed by atoms with Gasteiger partial charge in [0.1, 0.15) is 4.88 Å². The van der Waals surface area contributed by atoms with Gasteiger partial charge in [0.25, 0.3) is 11.6 Å². The van der Waals surface area contributed by atoms with Gasteiger partial charge in [-0.2, -0.15) is 0 Å². The molecule has 7 nitrogen and oxygen atoms in total. The molecule has 2 aromatic heterocycles. The highest BCUT2D eigenvalue weighted by atomic mass is 32.1. The molecule has 2 heterocycles. The van der Waals surface area contributed by atoms with Crippen LogP contribution in [-0.4, -0.2) is 20.1 Å². The van der Waals surface area contributed by atoms with Crippen molar-refractivity contribution in [2.45, 2.75) is 13.8 Å². The number of nitrogens with zero attached hydrogens (tertiary/aromatic N) is 4. The van der Waals surface area contributed by atoms with Crippen molar-refractivity contribution >= 4 is 17.0 Å². The Morgan fingerprint density at radius 1 is 1.24 bits per heavy atom. The van der Waals surface area contributed by atoms with Gasteiger partial charge in [-0.25, -0.2) is 4.98 Å². The number of non-ortho nitro benzene ring substituents is 1. The minimum atomic E-state index is -0.461. The first-order chi connectivity index (χ1) is 10.0. The fourth-order valence-electron chi connectivity index (χ4n) is 1.91. The zero-order valence-electron chi connectivity index (χ0n) is 11.2. The van der Waals surface area contributed by atoms with E-state index in [0.717, 1.165) is 15.6 Å². The van der Waals surface area contributed by atoms with E-state index in [-0.39, 0.29) is 11.6 Å². The van der Waals surface area contributed by atoms with E-state index >= 15 is 0 Å². The molecule has 3 rings (SSSR count). The summed E-state index contributed by atoms with van der Waals surface area (Å²) in [5.74, 6) is 0.624. The Morgan fingerprint density at radius 2 is 2.00 bits per heavy atom. The third-order valence-electron chi connectivity index (χ3n) is 2.83. The van der Waals surface area contributed by atoms with Crippen molar-refractivity contribution in [1.82, 2.24) is 15.2 Å². The van der Waals surface area contributed by atoms with E-state index < -0.39 is 4.92 Å². The van der Waals surface area contributed by atoms with Crippen LogP contribution in [0, 0.1) is 24.0 Å². The van der Waals surface area contributed by atoms with Crippen LogP contribution in [-0.2, 0) is 0 Å². The summed E-state index contributed by atoms with van der Waals surface area (Å²) in [5, 5.41) is 19.7. The summed E-state index contributed by atoms with van der Waals surface area (Å²) in [4.78, 5) is 15.5. The van der Waals surface area contributed by atoms with Gasteiger partial charge < -0.3 is 4.42 Å². The van der Waals surface area contributed by atoms with Crippen LogP contribution in [0.4, 0.5) is 5.69 Å². The number of rotatable bonds is 3. The SMILES string of the molecule is Cc1nc(C)c(-c2nnc(-c3cccc([N+](=O)[O-])c3)o2)s1. The normalized spacial score (nSPS) is 10.8. The molecule has 0 fully saturated rings. The van der Waals surface area contributed by atoms with Gasteiger partial charge in [0.15, 0.2) is 0 Å². The average molecular weight is 302 g/mol. The number of aryl methyl sites for hydroxylation is 2. The predicted octanol–water partition coefficient (Wildman–Crippen LogP) is 3.39. The third kappa shape index (κ3) is 2.52. The predicted molar refractivity (Wildman–Crippen MR) is 77.0 cm³/mol. The minimum Gasteiger partial charge on any atom is -0.415 e. The number of hydrogen-bond donors (Lipinski definition) is 0. The Kier molecular flexibility index (Phi) is 3.22. The lowest BCUT2D eigenvalue weighted by Gasteiger charge is -1.95. The zero-order valence-corrected chi connectivity index (χ0v) is 12.0. The van der Waals surface area contributed by atoms with Gasteiger partial charge in [-0.1, -0.05) is 6.07 Å². The van der Waals surface area contributed by atoms with Crippen molar-refractivity contribution in [1.29, 1.82) is 0 Å². The van der Waals surface area contributed by atoms with E-state index in [4.69, 9.17) is 4.42 Å². The average Bonchev–Trinajstić information content (AvgIpc) is 3.05. The van der Waals surface area contributed by atoms with E-state index in [9.17, 15) is 10.1 Å². The molecule has 106 valence electrons. The van der Waals surface area contributed by atoms with Crippen molar-refractivity contribution < 1.29 is 9.34 Å². The lowest BCUT2D eigenvalue weighted by Crippen LogP contribution is -1.88. The van der Waals surface area contributed by atoms with Gasteiger partial charge in [0, 0.05) is 17.7 Å². The van der Waals surface area contributed by atoms with Crippen LogP contribution in [0.2, 0.25) is 0 Å². The Morgan fingerprint density at radius 3 is 2.67 bits per heavy atom. The lowest BCUT2D eigenvalue weighted by atomic mass is 10.2. The number of nitro groups is 1. The summed E-state index contributed by atoms with van der Waals surface area (Å²) < 4.78 is 5.61. The van der Waals surface area contributed by atoms with Crippen LogP contribution in [0.1, 0.15) is 10.7 Å². The molecule has 0 saturated heterocycles. The molecule has 0 amide bonds. The zero-order chi connectivity index (χ0) is 15.0. The quantitative estimate of drug-likeness (QED) is 0.543. The highest BCUT2D eigenvalue weighted by Crippen LogP contribution is 2.31. The van der Waals surface area contributed by atoms with E-state index in [1.165, 1.54) is 23.5 Å². The first-order valence-electron chi connectivity index (χ1n) is 6.07. The fourth-order valence-corrected chi connectivity index (χ4v) is 2.76. The maximum atomic E-state index is 10.8. The Hall–Kier alpha value is -2.61. The van der Waals surface area contributed by atoms with Crippen molar-refractivity contribution in [2.24, 2.45) is 0 Å². The number of aromatic nitrogens is 3. The van der Waals surface area contributed by atoms with Crippen LogP contribution in [0.15, 0.2) is 28.7 Å². The largest absolute Gasteiger partial charge is 0.415 e. The molecular formula is C13H10N4O3S. The Labute approximate surface area is 123 Å². The summed E-state index contributed by atoms with van der Waals surface area (Å²) in [7, 11) is 0. The van der Waals surface area contributed by atoms with Gasteiger partial charge in [-0.3, -0.25) is 10.1 Å². The van der Waals surface area contributed by atoms with Crippen molar-refractivity contribution in [3.05, 3.63) is 45.1 Å². The topological polar surface area (TPSA) is 95.0 Å². The molecule has 0 radical (unpaired) electrons. The first kappa shape index (κ1) is 13.4. The Balaban J connectivity index is 2.00. The van der Waals surface area contributed by atoms with Crippen LogP contribution in [0.25, 0.3) is 22.2 Å². The molecule has 21 heavy (non-hydrogen) atoms. The van der Waals surface area contributed by atoms with Crippen LogP contribution >= 0.6 is 11.3 Å². The molecule has 0 N–H and O–H groups in total. The molecule has 0 bridgehead atoms. The summed E-state index contributed by atoms with van der Waals surface area (Å²) in [5.41, 5.74) is 1.32. The third-order valence-corrected chi connectivity index (χ3v) is 3.89. The number of thiazole rings is 1. The monoisotopic (exact) mass is 302 g/mol. The molecule has 0 spiro atoms. The molecule has 0 aliphatic heterocycles. The second-order valence-corrected chi connectivity index (χ2v) is 5.57. The molecule has 1 aromatic carbocycles. The maximum Gasteiger partial charge on any atom is 0.270 e. The second-order valence-electron chi connectivity index (χ2n) is 4.37. The highest BCUT2D eigenvalue weighted by Gasteiger charge is 2.17. The van der Waals surface area contributed by atoms with E-state index in [1.54, 1.807) is 12.1 Å². The van der Waals surface area contributed by atoms with E-state index in [0.29, 0.717) is 11.5 Å². The highest BCUT2D eigenvalue weighted by molar-refractivity contribution is 7.15. The maximum absolute atomic E-state index is 10.8. The second kappa shape index (κ2) is 5.06. The molecule has 0 unspecified atom stereocenters. The molecule has 0 atom stereocenters. The molecule has 3 aromatic rings. The van der Waals surface area contributed by atoms with Crippen molar-refractivity contribution in [2.75, 3.05) is 0 Å². The van der Waals surface area contributed by atoms with E-state index in [2.05, 4.69) is 15.2 Å². The fraction of sp³-hybridized carbons (Fsp3) is 0.154. The first-order valence-corrected chi connectivity index (χ1v) is 6.89. The lowest BCUT2D eigenvalue weighted by molar-refractivity contribution is -0.384. The minimum absolute atomic E-state index is 0.0166. The summed E-state index contributed by atoms with van der Waals surface area (Å²) in [6.07, 6.45) is 0. The number of hydrogen-bond acceptors (Lipinski definition) is 7. The van der Waals surface area contributed by atoms with Gasteiger partial charge in [-0.05, 0) is 19.9 Å². The molecule has 0 aliphatic carbocycles. The Bertz CT molecular complexity index is 824. The molecule has 0 aliphatic rings. The smallest absolute Gasteiger partial charge is 0.270 e. The number of benzene rings is 1. The van der Waals surface area contributed by atoms with E-state index in [1.807, 2.05) is 13.8 Å². The summed E-state index contributed by atoms with van der Waals surface area (Å²) in [6.45, 7) is 3.77.